The zero-order chi connectivity index (χ0) is 44.6. The second-order valence-corrected chi connectivity index (χ2v) is 21.5. The van der Waals surface area contributed by atoms with Gasteiger partial charge >= 0.3 is 0 Å². The number of fused-ring (bicyclic) bond motifs is 4. The molecule has 9 rings (SSSR count). The molecule has 5 heteroatoms. The van der Waals surface area contributed by atoms with Crippen LogP contribution in [0.1, 0.15) is 105 Å². The summed E-state index contributed by atoms with van der Waals surface area (Å²) in [5.74, 6) is 2.48. The average Bonchev–Trinajstić information content (AvgIpc) is 3.78. The minimum atomic E-state index is -0.134. The molecule has 63 heavy (non-hydrogen) atoms. The lowest BCUT2D eigenvalue weighted by Crippen LogP contribution is -2.26. The molecule has 0 radical (unpaired) electrons. The molecule has 0 amide bonds. The number of nitrogens with zero attached hydrogens (tertiary/aromatic N) is 4. The number of pyridine rings is 1. The first-order chi connectivity index (χ1) is 29.8. The number of benzene rings is 6. The van der Waals surface area contributed by atoms with Crippen molar-refractivity contribution in [1.82, 2.24) is 9.55 Å². The molecule has 0 saturated carbocycles. The molecule has 0 aliphatic carbocycles. The Morgan fingerprint density at radius 2 is 1.14 bits per heavy atom. The third-order valence-corrected chi connectivity index (χ3v) is 12.7. The van der Waals surface area contributed by atoms with Gasteiger partial charge in [0.05, 0.1) is 28.1 Å². The maximum Gasteiger partial charge on any atom is 0.137 e. The molecule has 0 bridgehead atoms. The lowest BCUT2D eigenvalue weighted by molar-refractivity contribution is 0.479. The Hall–Kier alpha value is -6.33. The Bertz CT molecular complexity index is 3000. The molecule has 320 valence electrons. The van der Waals surface area contributed by atoms with E-state index in [4.69, 9.17) is 9.72 Å². The first kappa shape index (κ1) is 42.0. The fourth-order valence-corrected chi connectivity index (χ4v) is 9.09. The molecular weight excluding hydrogens is 769 g/mol. The summed E-state index contributed by atoms with van der Waals surface area (Å²) in [6, 6.07) is 51.0. The standard InChI is InChI=1S/C58H62N4O/c1-55(2,3)39-25-28-49-52(33-39)60(37-61(49)50-24-18-22-47(58(10,11)12)54(50)38-19-14-13-15-20-38)42-31-41(57(7,8)9)32-44(35-42)63-43-26-27-46-45-21-16-17-23-48(45)62(51(46)36-43)53-34-40(29-30-59-53)56(4,5)6/h13-36H,37H2,1-12H3. The zero-order valence-electron chi connectivity index (χ0n) is 39.3. The maximum atomic E-state index is 7.02. The Morgan fingerprint density at radius 1 is 0.460 bits per heavy atom. The van der Waals surface area contributed by atoms with Gasteiger partial charge in [-0.15, -0.1) is 0 Å². The van der Waals surface area contributed by atoms with E-state index in [1.165, 1.54) is 61.2 Å². The average molecular weight is 831 g/mol. The zero-order valence-corrected chi connectivity index (χ0v) is 39.3. The topological polar surface area (TPSA) is 33.5 Å². The van der Waals surface area contributed by atoms with Gasteiger partial charge in [-0.2, -0.15) is 0 Å². The Kier molecular flexibility index (Phi) is 10.1. The van der Waals surface area contributed by atoms with Crippen LogP contribution in [0.4, 0.5) is 22.7 Å². The minimum absolute atomic E-state index is 0.0116. The van der Waals surface area contributed by atoms with E-state index in [9.17, 15) is 0 Å². The summed E-state index contributed by atoms with van der Waals surface area (Å²) in [4.78, 5) is 9.92. The summed E-state index contributed by atoms with van der Waals surface area (Å²) in [5, 5.41) is 2.35. The Balaban J connectivity index is 1.18. The highest BCUT2D eigenvalue weighted by Crippen LogP contribution is 2.51. The van der Waals surface area contributed by atoms with Crippen molar-refractivity contribution in [3.8, 4) is 28.4 Å². The predicted molar refractivity (Wildman–Crippen MR) is 267 cm³/mol. The van der Waals surface area contributed by atoms with Crippen molar-refractivity contribution in [3.05, 3.63) is 168 Å². The van der Waals surface area contributed by atoms with E-state index >= 15 is 0 Å². The van der Waals surface area contributed by atoms with Gasteiger partial charge in [0, 0.05) is 40.4 Å². The summed E-state index contributed by atoms with van der Waals surface area (Å²) in [6.45, 7) is 28.1. The molecule has 6 aromatic carbocycles. The van der Waals surface area contributed by atoms with E-state index in [2.05, 4.69) is 237 Å². The molecule has 0 fully saturated rings. The fourth-order valence-electron chi connectivity index (χ4n) is 9.09. The van der Waals surface area contributed by atoms with Crippen LogP contribution in [0.25, 0.3) is 38.8 Å². The van der Waals surface area contributed by atoms with E-state index in [0.717, 1.165) is 34.0 Å². The Labute approximate surface area is 375 Å². The van der Waals surface area contributed by atoms with Gasteiger partial charge in [-0.3, -0.25) is 4.57 Å². The number of ether oxygens (including phenoxy) is 1. The molecule has 1 aliphatic heterocycles. The molecule has 2 aromatic heterocycles. The lowest BCUT2D eigenvalue weighted by atomic mass is 9.81. The molecule has 3 heterocycles. The van der Waals surface area contributed by atoms with Gasteiger partial charge in [-0.25, -0.2) is 4.98 Å². The highest BCUT2D eigenvalue weighted by molar-refractivity contribution is 6.09. The molecule has 0 spiro atoms. The molecule has 0 N–H and O–H groups in total. The summed E-state index contributed by atoms with van der Waals surface area (Å²) < 4.78 is 9.30. The van der Waals surface area contributed by atoms with Crippen LogP contribution in [0.15, 0.2) is 146 Å². The van der Waals surface area contributed by atoms with Crippen molar-refractivity contribution in [2.75, 3.05) is 16.5 Å². The summed E-state index contributed by atoms with van der Waals surface area (Å²) in [7, 11) is 0. The lowest BCUT2D eigenvalue weighted by Gasteiger charge is -2.30. The third-order valence-electron chi connectivity index (χ3n) is 12.7. The number of anilines is 4. The van der Waals surface area contributed by atoms with E-state index in [-0.39, 0.29) is 21.7 Å². The van der Waals surface area contributed by atoms with Crippen molar-refractivity contribution in [2.45, 2.75) is 105 Å². The van der Waals surface area contributed by atoms with Crippen LogP contribution in [0, 0.1) is 0 Å². The van der Waals surface area contributed by atoms with Crippen LogP contribution >= 0.6 is 0 Å². The van der Waals surface area contributed by atoms with Gasteiger partial charge in [0.25, 0.3) is 0 Å². The second-order valence-electron chi connectivity index (χ2n) is 21.5. The highest BCUT2D eigenvalue weighted by atomic mass is 16.5. The predicted octanol–water partition coefficient (Wildman–Crippen LogP) is 16.1. The van der Waals surface area contributed by atoms with E-state index in [1.807, 2.05) is 6.20 Å². The van der Waals surface area contributed by atoms with E-state index in [0.29, 0.717) is 6.67 Å². The van der Waals surface area contributed by atoms with Crippen LogP contribution < -0.4 is 14.5 Å². The molecule has 0 unspecified atom stereocenters. The van der Waals surface area contributed by atoms with E-state index < -0.39 is 0 Å². The van der Waals surface area contributed by atoms with Crippen LogP contribution in [0.2, 0.25) is 0 Å². The first-order valence-electron chi connectivity index (χ1n) is 22.5. The molecular formula is C58H62N4O. The van der Waals surface area contributed by atoms with Gasteiger partial charge in [0.1, 0.15) is 24.0 Å². The number of hydrogen-bond donors (Lipinski definition) is 0. The number of rotatable bonds is 6. The van der Waals surface area contributed by atoms with Crippen LogP contribution in [0.3, 0.4) is 0 Å². The number of para-hydroxylation sites is 1. The molecule has 5 nitrogen and oxygen atoms in total. The van der Waals surface area contributed by atoms with Crippen LogP contribution in [-0.4, -0.2) is 16.2 Å². The summed E-state index contributed by atoms with van der Waals surface area (Å²) >= 11 is 0. The van der Waals surface area contributed by atoms with Gasteiger partial charge in [-0.05, 0) is 110 Å². The van der Waals surface area contributed by atoms with Gasteiger partial charge in [-0.1, -0.05) is 150 Å². The van der Waals surface area contributed by atoms with Crippen molar-refractivity contribution >= 4 is 44.6 Å². The molecule has 0 atom stereocenters. The van der Waals surface area contributed by atoms with Gasteiger partial charge in [0.15, 0.2) is 0 Å². The van der Waals surface area contributed by atoms with Crippen LogP contribution in [-0.2, 0) is 21.7 Å². The molecule has 8 aromatic rings. The normalized spacial score (nSPS) is 13.6. The quantitative estimate of drug-likeness (QED) is 0.167. The maximum absolute atomic E-state index is 7.02. The first-order valence-corrected chi connectivity index (χ1v) is 22.5. The molecule has 1 aliphatic rings. The number of aromatic nitrogens is 2. The Morgan fingerprint density at radius 3 is 1.86 bits per heavy atom. The smallest absolute Gasteiger partial charge is 0.137 e. The van der Waals surface area contributed by atoms with Crippen molar-refractivity contribution in [3.63, 3.8) is 0 Å². The molecule has 0 saturated heterocycles. The summed E-state index contributed by atoms with van der Waals surface area (Å²) in [6.07, 6.45) is 1.93. The highest BCUT2D eigenvalue weighted by Gasteiger charge is 2.34. The van der Waals surface area contributed by atoms with Crippen LogP contribution in [0.5, 0.6) is 11.5 Å². The minimum Gasteiger partial charge on any atom is -0.457 e. The van der Waals surface area contributed by atoms with Crippen molar-refractivity contribution in [2.24, 2.45) is 0 Å². The fraction of sp³-hybridized carbons (Fsp3) is 0.293. The second kappa shape index (κ2) is 15.2. The van der Waals surface area contributed by atoms with Gasteiger partial charge in [0.2, 0.25) is 0 Å². The van der Waals surface area contributed by atoms with Crippen molar-refractivity contribution in [1.29, 1.82) is 0 Å². The number of hydrogen-bond acceptors (Lipinski definition) is 4. The third kappa shape index (κ3) is 7.88. The van der Waals surface area contributed by atoms with Gasteiger partial charge < -0.3 is 14.5 Å². The summed E-state index contributed by atoms with van der Waals surface area (Å²) in [5.41, 5.74) is 14.2. The largest absolute Gasteiger partial charge is 0.457 e. The van der Waals surface area contributed by atoms with E-state index in [1.54, 1.807) is 0 Å². The monoisotopic (exact) mass is 830 g/mol. The SMILES string of the molecule is CC(C)(C)c1cc(Oc2ccc3c4ccccc4n(-c4cc(C(C)(C)C)ccn4)c3c2)cc(N2CN(c3cccc(C(C)(C)C)c3-c3ccccc3)c3ccc(C(C)(C)C)cc32)c1. The van der Waals surface area contributed by atoms with Crippen molar-refractivity contribution < 1.29 is 4.74 Å².